The van der Waals surface area contributed by atoms with E-state index in [9.17, 15) is 0 Å². The fourth-order valence-electron chi connectivity index (χ4n) is 8.20. The van der Waals surface area contributed by atoms with Crippen LogP contribution in [0.25, 0.3) is 42.5 Å². The van der Waals surface area contributed by atoms with Crippen molar-refractivity contribution < 1.29 is 13.4 Å². The molecule has 0 bridgehead atoms. The number of hydrogen-bond donors (Lipinski definition) is 0. The highest BCUT2D eigenvalue weighted by Gasteiger charge is 2.25. The van der Waals surface area contributed by atoms with Crippen LogP contribution in [-0.4, -0.2) is 57.0 Å². The largest absolute Gasteiger partial charge is 0.445 e. The first-order valence-electron chi connectivity index (χ1n) is 33.7. The summed E-state index contributed by atoms with van der Waals surface area (Å²) in [6.45, 7) is 92.0. The van der Waals surface area contributed by atoms with Gasteiger partial charge in [0.25, 0.3) is 0 Å². The van der Waals surface area contributed by atoms with Gasteiger partial charge in [-0.1, -0.05) is 257 Å². The molecule has 100 heavy (non-hydrogen) atoms. The first-order valence-corrected chi connectivity index (χ1v) is 36.3. The van der Waals surface area contributed by atoms with Gasteiger partial charge in [0, 0.05) is 91.2 Å². The first-order chi connectivity index (χ1) is 45.8. The smallest absolute Gasteiger partial charge is 0.218 e. The van der Waals surface area contributed by atoms with Crippen LogP contribution in [0.5, 0.6) is 0 Å². The van der Waals surface area contributed by atoms with Crippen LogP contribution in [0.15, 0.2) is 160 Å². The zero-order valence-electron chi connectivity index (χ0n) is 66.6. The lowest BCUT2D eigenvalue weighted by Crippen LogP contribution is -2.16. The van der Waals surface area contributed by atoms with Gasteiger partial charge in [-0.15, -0.1) is 22.7 Å². The van der Waals surface area contributed by atoms with E-state index in [2.05, 4.69) is 318 Å². The van der Waals surface area contributed by atoms with Gasteiger partial charge in [-0.25, -0.2) is 24.9 Å². The van der Waals surface area contributed by atoms with Crippen LogP contribution in [0.3, 0.4) is 0 Å². The summed E-state index contributed by atoms with van der Waals surface area (Å²) in [6.07, 6.45) is 29.9. The summed E-state index contributed by atoms with van der Waals surface area (Å²) >= 11 is 4.85. The topological polar surface area (TPSA) is 159 Å². The molecule has 0 unspecified atom stereocenters. The molecular formula is C84H124N10O3S3. The Hall–Kier alpha value is -7.79. The Morgan fingerprint density at radius 3 is 1.36 bits per heavy atom. The van der Waals surface area contributed by atoms with E-state index in [4.69, 9.17) is 13.4 Å². The highest BCUT2D eigenvalue weighted by Crippen LogP contribution is 2.33. The van der Waals surface area contributed by atoms with Crippen LogP contribution in [-0.2, 0) is 45.0 Å². The molecular weight excluding hydrogens is 1290 g/mol. The fraction of sp³-hybridized carbons (Fsp3) is 0.464. The van der Waals surface area contributed by atoms with Crippen molar-refractivity contribution in [1.82, 2.24) is 39.0 Å². The molecule has 0 radical (unpaired) electrons. The van der Waals surface area contributed by atoms with Crippen LogP contribution in [0.2, 0.25) is 0 Å². The van der Waals surface area contributed by atoms with E-state index in [1.807, 2.05) is 31.6 Å². The maximum absolute atomic E-state index is 5.37. The molecule has 2 aliphatic rings. The second-order valence-electron chi connectivity index (χ2n) is 32.9. The molecule has 0 saturated carbocycles. The normalized spacial score (nSPS) is 12.9. The minimum atomic E-state index is 0.0360. The third-order valence-corrected chi connectivity index (χ3v) is 17.6. The lowest BCUT2D eigenvalue weighted by atomic mass is 9.87. The summed E-state index contributed by atoms with van der Waals surface area (Å²) in [4.78, 5) is 31.1. The standard InChI is InChI=1S/C10H16N2.2C10H15N.3C9H13NO.3C9H13NS/c1-6-9-11-7-8(12(9)5)10(2,3)4;1-5-9-6-8(7-11-9)10(2,3)4;1-5-8-6-7-9(11-8)10(2,3)4;1-5-8-10-7(6-11-8)9(2,3)4;1-5-8-10-6-7(11-8)9(2,3)4;1-5-8-7(6-11-10-8)9(2,3)4;1-5-8-10-7(6-11-8)9(2,3)4;1-5-8-10-6-7(11-8)9(2,3)4;1-5-8-7(6-11-10-8)9(2,3)4/h6-7H,1H2,2-5H3;5-6H,1,7H2,2-4H3;5,7H,1,6H2,2-4H3;6*5-6H,1H2,2-4H3. The minimum Gasteiger partial charge on any atom is -0.445 e. The summed E-state index contributed by atoms with van der Waals surface area (Å²) in [5.41, 5.74) is 13.7. The third kappa shape index (κ3) is 31.4. The van der Waals surface area contributed by atoms with Crippen LogP contribution in [0.4, 0.5) is 0 Å². The van der Waals surface area contributed by atoms with Gasteiger partial charge < -0.3 is 17.9 Å². The zero-order valence-corrected chi connectivity index (χ0v) is 69.0. The molecule has 546 valence electrons. The van der Waals surface area contributed by atoms with Crippen LogP contribution < -0.4 is 0 Å². The van der Waals surface area contributed by atoms with E-state index >= 15 is 0 Å². The molecule has 2 aliphatic heterocycles. The van der Waals surface area contributed by atoms with Crippen molar-refractivity contribution in [3.05, 3.63) is 215 Å². The monoisotopic (exact) mass is 1420 g/mol. The molecule has 16 heteroatoms. The van der Waals surface area contributed by atoms with Gasteiger partial charge in [-0.2, -0.15) is 4.37 Å². The number of aromatic nitrogens is 8. The zero-order chi connectivity index (χ0) is 77.2. The molecule has 0 amide bonds. The number of rotatable bonds is 9. The molecule has 0 fully saturated rings. The number of oxazole rings is 2. The fourth-order valence-corrected chi connectivity index (χ4v) is 10.8. The Bertz CT molecular complexity index is 3590. The van der Waals surface area contributed by atoms with Gasteiger partial charge in [0.05, 0.1) is 35.5 Å². The highest BCUT2D eigenvalue weighted by molar-refractivity contribution is 7.12. The lowest BCUT2D eigenvalue weighted by Gasteiger charge is -2.18. The van der Waals surface area contributed by atoms with Crippen molar-refractivity contribution in [1.29, 1.82) is 0 Å². The van der Waals surface area contributed by atoms with Crippen molar-refractivity contribution >= 4 is 88.2 Å². The van der Waals surface area contributed by atoms with E-state index in [0.717, 1.165) is 74.3 Å². The second-order valence-corrected chi connectivity index (χ2v) is 35.5. The Balaban J connectivity index is 0.000000563. The average molecular weight is 1420 g/mol. The predicted molar refractivity (Wildman–Crippen MR) is 440 cm³/mol. The summed E-state index contributed by atoms with van der Waals surface area (Å²) in [5.74, 6) is 3.01. The molecule has 9 rings (SSSR count). The number of imidazole rings is 1. The number of aliphatic imine (C=N–C) groups is 2. The van der Waals surface area contributed by atoms with Gasteiger partial charge in [-0.3, -0.25) is 9.98 Å². The van der Waals surface area contributed by atoms with Gasteiger partial charge in [0.1, 0.15) is 39.8 Å². The lowest BCUT2D eigenvalue weighted by molar-refractivity contribution is 0.403. The Morgan fingerprint density at radius 2 is 1.07 bits per heavy atom. The molecule has 0 spiro atoms. The van der Waals surface area contributed by atoms with E-state index in [0.29, 0.717) is 11.8 Å². The quantitative estimate of drug-likeness (QED) is 0.136. The molecule has 0 aliphatic carbocycles. The maximum atomic E-state index is 5.37. The summed E-state index contributed by atoms with van der Waals surface area (Å²) in [5, 5.41) is 10.0. The SMILES string of the molecule is C=CC1=NC(C(C)(C)C)=CC1.C=CC1=NCC(C(C)(C)C)=C1.C=Cc1nc(C(C)(C)C)co1.C=Cc1nc(C(C)(C)C)cs1.C=Cc1ncc(C(C)(C)C)n1C.C=Cc1ncc(C(C)(C)C)o1.C=Cc1ncc(C(C)(C)C)s1.C=Cc1nocc1C(C)(C)C.C=Cc1nscc1C(C)(C)C. The number of nitrogens with zero attached hydrogens (tertiary/aromatic N) is 10. The maximum Gasteiger partial charge on any atom is 0.218 e. The molecule has 13 nitrogen and oxygen atoms in total. The highest BCUT2D eigenvalue weighted by atomic mass is 32.1. The molecule has 7 aromatic heterocycles. The summed E-state index contributed by atoms with van der Waals surface area (Å²) < 4.78 is 21.6. The Labute approximate surface area is 616 Å². The minimum absolute atomic E-state index is 0.0360. The van der Waals surface area contributed by atoms with Gasteiger partial charge in [-0.05, 0) is 105 Å². The van der Waals surface area contributed by atoms with Crippen molar-refractivity contribution in [2.24, 2.45) is 27.9 Å². The molecule has 0 aromatic carbocycles. The van der Waals surface area contributed by atoms with Gasteiger partial charge in [0.15, 0.2) is 0 Å². The number of hydrogen-bond acceptors (Lipinski definition) is 15. The summed E-state index contributed by atoms with van der Waals surface area (Å²) in [6, 6.07) is 0. The van der Waals surface area contributed by atoms with Crippen molar-refractivity contribution in [3.63, 3.8) is 0 Å². The van der Waals surface area contributed by atoms with Crippen LogP contribution >= 0.6 is 34.2 Å². The molecule has 0 atom stereocenters. The number of thiazole rings is 2. The molecule has 0 N–H and O–H groups in total. The van der Waals surface area contributed by atoms with E-state index in [1.165, 1.54) is 38.9 Å². The molecule has 9 heterocycles. The van der Waals surface area contributed by atoms with Gasteiger partial charge in [0.2, 0.25) is 11.8 Å². The van der Waals surface area contributed by atoms with Gasteiger partial charge >= 0.3 is 0 Å². The Kier molecular flexibility index (Phi) is 35.1. The predicted octanol–water partition coefficient (Wildman–Crippen LogP) is 25.0. The van der Waals surface area contributed by atoms with Crippen molar-refractivity contribution in [3.8, 4) is 0 Å². The average Bonchev–Trinajstić information content (AvgIpc) is 1.69. The third-order valence-electron chi connectivity index (χ3n) is 14.7. The number of allylic oxidation sites excluding steroid dienone is 5. The molecule has 7 aromatic rings. The van der Waals surface area contributed by atoms with Crippen LogP contribution in [0, 0.1) is 10.8 Å². The van der Waals surface area contributed by atoms with Crippen molar-refractivity contribution in [2.45, 2.75) is 231 Å². The Morgan fingerprint density at radius 1 is 0.490 bits per heavy atom. The van der Waals surface area contributed by atoms with E-state index < -0.39 is 0 Å². The van der Waals surface area contributed by atoms with E-state index in [-0.39, 0.29) is 48.7 Å². The molecule has 0 saturated heterocycles. The van der Waals surface area contributed by atoms with Crippen molar-refractivity contribution in [2.75, 3.05) is 6.54 Å². The van der Waals surface area contributed by atoms with E-state index in [1.54, 1.807) is 83.9 Å². The van der Waals surface area contributed by atoms with Crippen LogP contribution in [0.1, 0.15) is 271 Å². The first kappa shape index (κ1) is 90.2. The summed E-state index contributed by atoms with van der Waals surface area (Å²) in [7, 11) is 2.02. The second kappa shape index (κ2) is 38.9.